The number of nitrogens with one attached hydrogen (secondary N) is 1. The topological polar surface area (TPSA) is 12.0 Å². The summed E-state index contributed by atoms with van der Waals surface area (Å²) in [4.78, 5) is 0. The monoisotopic (exact) mass is 159 g/mol. The largest absolute Gasteiger partial charge is 0.385 e. The van der Waals surface area contributed by atoms with E-state index in [1.54, 1.807) is 5.57 Å². The maximum Gasteiger partial charge on any atom is 0.0381 e. The SMILES string of the molecule is C1=CC2=C3C1=CCCC3CCN2. The molecule has 3 rings (SSSR count). The van der Waals surface area contributed by atoms with Crippen LogP contribution < -0.4 is 5.32 Å². The van der Waals surface area contributed by atoms with Crippen LogP contribution in [0.2, 0.25) is 0 Å². The Balaban J connectivity index is 2.14. The third-order valence-electron chi connectivity index (χ3n) is 3.13. The van der Waals surface area contributed by atoms with E-state index in [4.69, 9.17) is 0 Å². The van der Waals surface area contributed by atoms with E-state index in [2.05, 4.69) is 23.5 Å². The molecule has 1 heterocycles. The first-order valence-electron chi connectivity index (χ1n) is 4.82. The van der Waals surface area contributed by atoms with Crippen LogP contribution in [0.3, 0.4) is 0 Å². The Hall–Kier alpha value is -0.980. The molecule has 0 saturated carbocycles. The van der Waals surface area contributed by atoms with Gasteiger partial charge in [-0.1, -0.05) is 12.2 Å². The predicted octanol–water partition coefficient (Wildman–Crippen LogP) is 2.14. The van der Waals surface area contributed by atoms with Gasteiger partial charge < -0.3 is 5.32 Å². The molecule has 0 aromatic carbocycles. The Bertz CT molecular complexity index is 307. The average molecular weight is 159 g/mol. The van der Waals surface area contributed by atoms with E-state index in [-0.39, 0.29) is 0 Å². The summed E-state index contributed by atoms with van der Waals surface area (Å²) >= 11 is 0. The highest BCUT2D eigenvalue weighted by Gasteiger charge is 2.28. The molecule has 0 aromatic heterocycles. The summed E-state index contributed by atoms with van der Waals surface area (Å²) in [5.74, 6) is 0.858. The van der Waals surface area contributed by atoms with Gasteiger partial charge in [-0.2, -0.15) is 0 Å². The molecule has 3 aliphatic rings. The smallest absolute Gasteiger partial charge is 0.0381 e. The molecule has 0 radical (unpaired) electrons. The summed E-state index contributed by atoms with van der Waals surface area (Å²) in [5.41, 5.74) is 4.50. The zero-order chi connectivity index (χ0) is 7.97. The first-order valence-corrected chi connectivity index (χ1v) is 4.82. The van der Waals surface area contributed by atoms with E-state index in [0.29, 0.717) is 0 Å². The highest BCUT2D eigenvalue weighted by molar-refractivity contribution is 5.55. The van der Waals surface area contributed by atoms with Gasteiger partial charge in [-0.15, -0.1) is 0 Å². The maximum absolute atomic E-state index is 3.46. The van der Waals surface area contributed by atoms with Crippen molar-refractivity contribution in [2.24, 2.45) is 5.92 Å². The van der Waals surface area contributed by atoms with Crippen LogP contribution in [0.4, 0.5) is 0 Å². The summed E-state index contributed by atoms with van der Waals surface area (Å²) < 4.78 is 0. The summed E-state index contributed by atoms with van der Waals surface area (Å²) in [6.07, 6.45) is 10.8. The van der Waals surface area contributed by atoms with E-state index in [1.807, 2.05) is 0 Å². The molecular formula is C11H13N. The summed E-state index contributed by atoms with van der Waals surface area (Å²) in [6.45, 7) is 1.17. The molecule has 1 aliphatic heterocycles. The van der Waals surface area contributed by atoms with Crippen LogP contribution in [0.15, 0.2) is 35.1 Å². The van der Waals surface area contributed by atoms with Crippen LogP contribution in [-0.2, 0) is 0 Å². The molecule has 0 bridgehead atoms. The lowest BCUT2D eigenvalue weighted by atomic mass is 9.81. The highest BCUT2D eigenvalue weighted by atomic mass is 14.9. The van der Waals surface area contributed by atoms with Gasteiger partial charge >= 0.3 is 0 Å². The molecule has 1 nitrogen and oxygen atoms in total. The van der Waals surface area contributed by atoms with Crippen molar-refractivity contribution < 1.29 is 0 Å². The second kappa shape index (κ2) is 2.25. The molecule has 1 unspecified atom stereocenters. The lowest BCUT2D eigenvalue weighted by Crippen LogP contribution is -2.26. The molecule has 62 valence electrons. The van der Waals surface area contributed by atoms with Gasteiger partial charge in [0.05, 0.1) is 0 Å². The van der Waals surface area contributed by atoms with E-state index < -0.39 is 0 Å². The minimum atomic E-state index is 0.858. The lowest BCUT2D eigenvalue weighted by molar-refractivity contribution is 0.476. The van der Waals surface area contributed by atoms with E-state index in [1.165, 1.54) is 37.1 Å². The number of hydrogen-bond acceptors (Lipinski definition) is 1. The van der Waals surface area contributed by atoms with Crippen LogP contribution in [-0.4, -0.2) is 6.54 Å². The van der Waals surface area contributed by atoms with Gasteiger partial charge in [-0.3, -0.25) is 0 Å². The fourth-order valence-corrected chi connectivity index (χ4v) is 2.55. The first kappa shape index (κ1) is 6.53. The molecule has 1 heteroatoms. The first-order chi connectivity index (χ1) is 5.95. The normalized spacial score (nSPS) is 31.3. The maximum atomic E-state index is 3.46. The van der Waals surface area contributed by atoms with Gasteiger partial charge in [0.1, 0.15) is 0 Å². The van der Waals surface area contributed by atoms with Crippen molar-refractivity contribution in [3.63, 3.8) is 0 Å². The van der Waals surface area contributed by atoms with Crippen LogP contribution in [0.5, 0.6) is 0 Å². The standard InChI is InChI=1S/C11H13N/c1-2-8-4-5-10-11(8)9(3-1)6-7-12-10/h2,4-5,9,12H,1,3,6-7H2. The van der Waals surface area contributed by atoms with Crippen molar-refractivity contribution in [2.75, 3.05) is 6.54 Å². The second-order valence-corrected chi connectivity index (χ2v) is 3.81. The third-order valence-corrected chi connectivity index (χ3v) is 3.13. The predicted molar refractivity (Wildman–Crippen MR) is 49.6 cm³/mol. The average Bonchev–Trinajstić information content (AvgIpc) is 2.52. The van der Waals surface area contributed by atoms with Crippen molar-refractivity contribution >= 4 is 0 Å². The summed E-state index contributed by atoms with van der Waals surface area (Å²) in [6, 6.07) is 0. The fourth-order valence-electron chi connectivity index (χ4n) is 2.55. The van der Waals surface area contributed by atoms with E-state index >= 15 is 0 Å². The van der Waals surface area contributed by atoms with Gasteiger partial charge in [0, 0.05) is 12.2 Å². The van der Waals surface area contributed by atoms with Crippen molar-refractivity contribution in [1.29, 1.82) is 0 Å². The molecule has 0 amide bonds. The summed E-state index contributed by atoms with van der Waals surface area (Å²) in [7, 11) is 0. The van der Waals surface area contributed by atoms with E-state index in [0.717, 1.165) is 5.92 Å². The third kappa shape index (κ3) is 0.739. The molecule has 12 heavy (non-hydrogen) atoms. The Morgan fingerprint density at radius 1 is 1.25 bits per heavy atom. The summed E-state index contributed by atoms with van der Waals surface area (Å²) in [5, 5.41) is 3.46. The van der Waals surface area contributed by atoms with Crippen molar-refractivity contribution in [3.8, 4) is 0 Å². The second-order valence-electron chi connectivity index (χ2n) is 3.81. The Kier molecular flexibility index (Phi) is 1.23. The highest BCUT2D eigenvalue weighted by Crippen LogP contribution is 2.40. The van der Waals surface area contributed by atoms with E-state index in [9.17, 15) is 0 Å². The van der Waals surface area contributed by atoms with Gasteiger partial charge in [0.25, 0.3) is 0 Å². The van der Waals surface area contributed by atoms with Crippen LogP contribution in [0.1, 0.15) is 19.3 Å². The van der Waals surface area contributed by atoms with Crippen molar-refractivity contribution in [2.45, 2.75) is 19.3 Å². The minimum absolute atomic E-state index is 0.858. The van der Waals surface area contributed by atoms with Crippen molar-refractivity contribution in [3.05, 3.63) is 35.1 Å². The van der Waals surface area contributed by atoms with Gasteiger partial charge in [-0.05, 0) is 42.4 Å². The van der Waals surface area contributed by atoms with Crippen LogP contribution >= 0.6 is 0 Å². The molecule has 1 atom stereocenters. The Morgan fingerprint density at radius 3 is 3.25 bits per heavy atom. The molecular weight excluding hydrogens is 146 g/mol. The number of allylic oxidation sites excluding steroid dienone is 5. The Morgan fingerprint density at radius 2 is 2.25 bits per heavy atom. The minimum Gasteiger partial charge on any atom is -0.385 e. The number of rotatable bonds is 0. The number of hydrogen-bond donors (Lipinski definition) is 1. The van der Waals surface area contributed by atoms with Gasteiger partial charge in [0.2, 0.25) is 0 Å². The molecule has 2 aliphatic carbocycles. The van der Waals surface area contributed by atoms with Crippen molar-refractivity contribution in [1.82, 2.24) is 5.32 Å². The van der Waals surface area contributed by atoms with Gasteiger partial charge in [0.15, 0.2) is 0 Å². The molecule has 0 saturated heterocycles. The zero-order valence-corrected chi connectivity index (χ0v) is 7.14. The molecule has 0 spiro atoms. The lowest BCUT2D eigenvalue weighted by Gasteiger charge is -2.29. The quantitative estimate of drug-likeness (QED) is 0.571. The van der Waals surface area contributed by atoms with Gasteiger partial charge in [-0.25, -0.2) is 0 Å². The molecule has 1 N–H and O–H groups in total. The van der Waals surface area contributed by atoms with Crippen LogP contribution in [0, 0.1) is 5.92 Å². The van der Waals surface area contributed by atoms with Crippen LogP contribution in [0.25, 0.3) is 0 Å². The zero-order valence-electron chi connectivity index (χ0n) is 7.14. The fraction of sp³-hybridized carbons (Fsp3) is 0.455. The molecule has 0 fully saturated rings. The molecule has 0 aromatic rings. The Labute approximate surface area is 72.9 Å².